The lowest BCUT2D eigenvalue weighted by molar-refractivity contribution is -0.282. The highest BCUT2D eigenvalue weighted by Crippen LogP contribution is 2.72. The molecule has 79 heavy (non-hydrogen) atoms. The van der Waals surface area contributed by atoms with E-state index in [4.69, 9.17) is 28.4 Å². The average molecular weight is 1120 g/mol. The first-order chi connectivity index (χ1) is 36.8. The minimum absolute atomic E-state index is 0.0144. The van der Waals surface area contributed by atoms with Gasteiger partial charge in [-0.05, 0) is 85.0 Å². The van der Waals surface area contributed by atoms with Crippen LogP contribution in [0.25, 0.3) is 0 Å². The summed E-state index contributed by atoms with van der Waals surface area (Å²) in [6.07, 6.45) is -14.8. The monoisotopic (exact) mass is 1120 g/mol. The minimum Gasteiger partial charge on any atom is -0.459 e. The summed E-state index contributed by atoms with van der Waals surface area (Å²) in [4.78, 5) is 57.0. The number of carbonyl (C=O) groups is 4. The molecule has 1 unspecified atom stereocenters. The van der Waals surface area contributed by atoms with Gasteiger partial charge in [0.25, 0.3) is 16.8 Å². The third-order valence-corrected chi connectivity index (χ3v) is 18.9. The molecule has 2 fully saturated rings. The Morgan fingerprint density at radius 2 is 1.10 bits per heavy atom. The summed E-state index contributed by atoms with van der Waals surface area (Å²) in [7, 11) is 2.26. The molecule has 0 saturated heterocycles. The van der Waals surface area contributed by atoms with Gasteiger partial charge in [0.1, 0.15) is 18.8 Å². The Labute approximate surface area is 454 Å². The van der Waals surface area contributed by atoms with E-state index in [0.717, 1.165) is 63.3 Å². The summed E-state index contributed by atoms with van der Waals surface area (Å²) in [6, 6.07) is 18.9. The van der Waals surface area contributed by atoms with E-state index in [1.165, 1.54) is 67.6 Å². The molecule has 4 aliphatic rings. The van der Waals surface area contributed by atoms with Crippen LogP contribution in [0.2, 0.25) is 0 Å². The van der Waals surface area contributed by atoms with Crippen LogP contribution < -0.4 is 0 Å². The second-order valence-electron chi connectivity index (χ2n) is 23.0. The Bertz CT molecular complexity index is 2800. The van der Waals surface area contributed by atoms with Crippen LogP contribution in [0.3, 0.4) is 0 Å². The van der Waals surface area contributed by atoms with Gasteiger partial charge in [0.05, 0.1) is 0 Å². The second kappa shape index (κ2) is 21.7. The van der Waals surface area contributed by atoms with Crippen LogP contribution in [0.4, 0.5) is 39.5 Å². The summed E-state index contributed by atoms with van der Waals surface area (Å²) in [6.45, 7) is 12.1. The van der Waals surface area contributed by atoms with Crippen LogP contribution in [0.1, 0.15) is 117 Å². The molecule has 432 valence electrons. The molecule has 0 radical (unpaired) electrons. The largest absolute Gasteiger partial charge is 0.459 e. The SMILES string of the molecule is CO[C@@](C(=O)OC/C(C)=C\C[C@@H](OC(=O)[C@](OC)(c1ccccc1)C(F)(F)F)[C@@H](C)[C@@H]1CC[C@]2(C)C3=C(C(=O)C[C@@]12C)[C@@]1(C)CC[C@H](OC(=O)[C@](OC)(c2ccccc2)C(F)(F)F)C(C)(C)C1CC3)(c1ccccc1)C(F)(F)F. The van der Waals surface area contributed by atoms with Gasteiger partial charge < -0.3 is 28.4 Å². The van der Waals surface area contributed by atoms with Gasteiger partial charge in [-0.1, -0.05) is 144 Å². The topological polar surface area (TPSA) is 124 Å². The molecule has 19 heteroatoms. The molecule has 0 aromatic heterocycles. The third-order valence-electron chi connectivity index (χ3n) is 18.9. The molecule has 0 heterocycles. The summed E-state index contributed by atoms with van der Waals surface area (Å²) < 4.78 is 167. The number of Topliss-reactive ketones (excluding diaryl/α,β-unsaturated/α-hetero) is 1. The molecule has 10 nitrogen and oxygen atoms in total. The number of alkyl halides is 9. The summed E-state index contributed by atoms with van der Waals surface area (Å²) >= 11 is 0. The zero-order chi connectivity index (χ0) is 58.6. The maximum Gasteiger partial charge on any atom is 0.432 e. The number of hydrogen-bond donors (Lipinski definition) is 0. The molecular formula is C60H69F9O10. The lowest BCUT2D eigenvalue weighted by Crippen LogP contribution is -2.59. The highest BCUT2D eigenvalue weighted by molar-refractivity contribution is 6.00. The molecule has 4 aliphatic carbocycles. The number of esters is 3. The maximum atomic E-state index is 15.4. The van der Waals surface area contributed by atoms with Crippen molar-refractivity contribution in [3.8, 4) is 0 Å². The Morgan fingerprint density at radius 3 is 1.56 bits per heavy atom. The van der Waals surface area contributed by atoms with E-state index in [-0.39, 0.29) is 36.5 Å². The molecule has 0 N–H and O–H groups in total. The Morgan fingerprint density at radius 1 is 0.646 bits per heavy atom. The number of halogens is 9. The van der Waals surface area contributed by atoms with Crippen molar-refractivity contribution in [1.29, 1.82) is 0 Å². The molecule has 11 atom stereocenters. The van der Waals surface area contributed by atoms with Crippen LogP contribution in [0.5, 0.6) is 0 Å². The molecule has 0 aliphatic heterocycles. The Hall–Kier alpha value is -5.53. The number of methoxy groups -OCH3 is 3. The normalized spacial score (nSPS) is 28.4. The van der Waals surface area contributed by atoms with Gasteiger partial charge in [-0.3, -0.25) is 4.79 Å². The minimum atomic E-state index is -5.35. The van der Waals surface area contributed by atoms with Crippen LogP contribution in [-0.4, -0.2) is 82.4 Å². The van der Waals surface area contributed by atoms with Gasteiger partial charge in [-0.15, -0.1) is 0 Å². The van der Waals surface area contributed by atoms with E-state index in [1.807, 2.05) is 27.7 Å². The van der Waals surface area contributed by atoms with E-state index in [0.29, 0.717) is 37.7 Å². The van der Waals surface area contributed by atoms with Gasteiger partial charge in [0.2, 0.25) is 0 Å². The van der Waals surface area contributed by atoms with Crippen molar-refractivity contribution in [1.82, 2.24) is 0 Å². The van der Waals surface area contributed by atoms with Gasteiger partial charge >= 0.3 is 36.4 Å². The van der Waals surface area contributed by atoms with Crippen LogP contribution in [-0.2, 0) is 64.4 Å². The summed E-state index contributed by atoms with van der Waals surface area (Å²) in [5.41, 5.74) is -13.7. The first-order valence-electron chi connectivity index (χ1n) is 26.3. The van der Waals surface area contributed by atoms with Gasteiger partial charge in [0.15, 0.2) is 5.78 Å². The van der Waals surface area contributed by atoms with Crippen molar-refractivity contribution in [2.24, 2.45) is 39.4 Å². The molecule has 3 aromatic rings. The quantitative estimate of drug-likeness (QED) is 0.0558. The Kier molecular flexibility index (Phi) is 16.8. The van der Waals surface area contributed by atoms with Crippen molar-refractivity contribution in [3.63, 3.8) is 0 Å². The van der Waals surface area contributed by atoms with E-state index in [9.17, 15) is 40.7 Å². The van der Waals surface area contributed by atoms with Crippen molar-refractivity contribution in [2.45, 2.75) is 147 Å². The summed E-state index contributed by atoms with van der Waals surface area (Å²) in [5.74, 6) is -6.94. The fraction of sp³-hybridized carbons (Fsp3) is 0.567. The van der Waals surface area contributed by atoms with Crippen molar-refractivity contribution in [2.75, 3.05) is 27.9 Å². The zero-order valence-electron chi connectivity index (χ0n) is 46.0. The number of ether oxygens (including phenoxy) is 6. The first-order valence-corrected chi connectivity index (χ1v) is 26.3. The fourth-order valence-electron chi connectivity index (χ4n) is 14.4. The van der Waals surface area contributed by atoms with E-state index >= 15 is 18.0 Å². The van der Waals surface area contributed by atoms with E-state index in [2.05, 4.69) is 6.92 Å². The number of benzene rings is 3. The van der Waals surface area contributed by atoms with Crippen molar-refractivity contribution >= 4 is 23.7 Å². The van der Waals surface area contributed by atoms with Crippen LogP contribution in [0.15, 0.2) is 114 Å². The molecule has 7 rings (SSSR count). The smallest absolute Gasteiger partial charge is 0.432 e. The standard InChI is InChI=1S/C60H69F9O10/c1-36(35-77-48(71)55(74-8,58(61,62)63)38-20-14-11-15-21-38)26-28-44(78-49(72)56(75-9,59(64,65)66)39-22-16-12-17-23-39)37(2)41-30-33-53(6)42-27-29-45-51(3,4)46(31-32-52(45,5)47(42)43(70)34-54(41,53)7)79-50(73)57(76-10,60(67,68)69)40-24-18-13-19-25-40/h11-26,37,41,44-46H,27-35H2,1-10H3/b36-26-/t37-,41-,44+,45?,46-,52-,53+,54-,55+,56+,57+/m0/s1. The molecule has 2 saturated carbocycles. The predicted molar refractivity (Wildman–Crippen MR) is 271 cm³/mol. The number of rotatable bonds is 17. The van der Waals surface area contributed by atoms with Crippen LogP contribution in [0, 0.1) is 39.4 Å². The molecule has 0 amide bonds. The van der Waals surface area contributed by atoms with E-state index in [1.54, 1.807) is 6.92 Å². The van der Waals surface area contributed by atoms with Crippen molar-refractivity contribution in [3.05, 3.63) is 130 Å². The number of hydrogen-bond acceptors (Lipinski definition) is 10. The van der Waals surface area contributed by atoms with Gasteiger partial charge in [-0.25, -0.2) is 14.4 Å². The third kappa shape index (κ3) is 9.82. The number of allylic oxidation sites excluding steroid dienone is 2. The van der Waals surface area contributed by atoms with Gasteiger partial charge in [-0.2, -0.15) is 39.5 Å². The lowest BCUT2D eigenvalue weighted by atomic mass is 9.43. The highest BCUT2D eigenvalue weighted by Gasteiger charge is 2.70. The maximum absolute atomic E-state index is 15.4. The number of carbonyl (C=O) groups excluding carboxylic acids is 4. The average Bonchev–Trinajstić information content (AvgIpc) is 3.85. The lowest BCUT2D eigenvalue weighted by Gasteiger charge is -2.61. The first kappa shape index (κ1) is 61.1. The Balaban J connectivity index is 1.20. The van der Waals surface area contributed by atoms with Crippen LogP contribution >= 0.6 is 0 Å². The highest BCUT2D eigenvalue weighted by atomic mass is 19.4. The van der Waals surface area contributed by atoms with Gasteiger partial charge in [0, 0.05) is 61.8 Å². The second-order valence-corrected chi connectivity index (χ2v) is 23.0. The van der Waals surface area contributed by atoms with Crippen molar-refractivity contribution < 1.29 is 87.1 Å². The molecular weight excluding hydrogens is 1050 g/mol. The number of ketones is 1. The summed E-state index contributed by atoms with van der Waals surface area (Å²) in [5, 5.41) is 0. The molecule has 0 spiro atoms. The molecule has 3 aromatic carbocycles. The predicted octanol–water partition coefficient (Wildman–Crippen LogP) is 13.6. The molecule has 0 bridgehead atoms. The zero-order valence-corrected chi connectivity index (χ0v) is 46.0. The van der Waals surface area contributed by atoms with E-state index < -0.39 is 122 Å². The fourth-order valence-corrected chi connectivity index (χ4v) is 14.4. The number of fused-ring (bicyclic) bond motifs is 4.